The van der Waals surface area contributed by atoms with Gasteiger partial charge in [-0.15, -0.1) is 0 Å². The maximum atomic E-state index is 12.1. The second-order valence-corrected chi connectivity index (χ2v) is 5.47. The number of halogens is 1. The molecule has 6 nitrogen and oxygen atoms in total. The minimum Gasteiger partial charge on any atom is -0.373 e. The van der Waals surface area contributed by atoms with Crippen molar-refractivity contribution in [3.63, 3.8) is 0 Å². The van der Waals surface area contributed by atoms with E-state index in [1.807, 2.05) is 30.3 Å². The molecule has 0 spiro atoms. The van der Waals surface area contributed by atoms with Gasteiger partial charge in [0.15, 0.2) is 0 Å². The average molecular weight is 347 g/mol. The van der Waals surface area contributed by atoms with Crippen molar-refractivity contribution < 1.29 is 9.59 Å². The van der Waals surface area contributed by atoms with Gasteiger partial charge in [0.1, 0.15) is 11.0 Å². The molecule has 0 saturated heterocycles. The largest absolute Gasteiger partial charge is 0.373 e. The number of anilines is 1. The van der Waals surface area contributed by atoms with E-state index in [9.17, 15) is 9.59 Å². The molecule has 0 radical (unpaired) electrons. The van der Waals surface area contributed by atoms with Crippen LogP contribution in [0.1, 0.15) is 15.9 Å². The Morgan fingerprint density at radius 1 is 1.08 bits per heavy atom. The van der Waals surface area contributed by atoms with Crippen LogP contribution >= 0.6 is 11.6 Å². The second kappa shape index (κ2) is 8.88. The van der Waals surface area contributed by atoms with Crippen molar-refractivity contribution in [2.24, 2.45) is 0 Å². The fourth-order valence-electron chi connectivity index (χ4n) is 2.08. The molecule has 0 aliphatic carbocycles. The van der Waals surface area contributed by atoms with Gasteiger partial charge >= 0.3 is 0 Å². The summed E-state index contributed by atoms with van der Waals surface area (Å²) in [6.07, 6.45) is 0.320. The second-order valence-electron chi connectivity index (χ2n) is 5.08. The molecule has 1 heterocycles. The van der Waals surface area contributed by atoms with Gasteiger partial charge < -0.3 is 16.0 Å². The van der Waals surface area contributed by atoms with Crippen molar-refractivity contribution in [2.75, 3.05) is 25.5 Å². The summed E-state index contributed by atoms with van der Waals surface area (Å²) in [7, 11) is 1.70. The predicted octanol–water partition coefficient (Wildman–Crippen LogP) is 1.87. The molecule has 0 aliphatic heterocycles. The van der Waals surface area contributed by atoms with Crippen LogP contribution in [0.3, 0.4) is 0 Å². The molecule has 0 fully saturated rings. The molecule has 0 unspecified atom stereocenters. The van der Waals surface area contributed by atoms with Gasteiger partial charge in [0.25, 0.3) is 5.91 Å². The number of benzene rings is 1. The minimum atomic E-state index is -0.270. The van der Waals surface area contributed by atoms with Crippen molar-refractivity contribution in [3.8, 4) is 0 Å². The molecule has 2 rings (SSSR count). The summed E-state index contributed by atoms with van der Waals surface area (Å²) >= 11 is 5.86. The van der Waals surface area contributed by atoms with Crippen LogP contribution in [-0.2, 0) is 11.2 Å². The Hall–Kier alpha value is -2.60. The third-order valence-corrected chi connectivity index (χ3v) is 3.45. The van der Waals surface area contributed by atoms with Crippen LogP contribution in [0.15, 0.2) is 42.5 Å². The van der Waals surface area contributed by atoms with Crippen LogP contribution in [0.4, 0.5) is 5.82 Å². The normalized spacial score (nSPS) is 10.1. The molecule has 0 saturated carbocycles. The average Bonchev–Trinajstić information content (AvgIpc) is 2.58. The van der Waals surface area contributed by atoms with Gasteiger partial charge in [-0.05, 0) is 17.7 Å². The summed E-state index contributed by atoms with van der Waals surface area (Å²) < 4.78 is 0. The fourth-order valence-corrected chi connectivity index (χ4v) is 2.29. The molecule has 0 aliphatic rings. The highest BCUT2D eigenvalue weighted by Gasteiger charge is 2.09. The lowest BCUT2D eigenvalue weighted by Crippen LogP contribution is -2.35. The molecule has 2 aromatic rings. The van der Waals surface area contributed by atoms with Gasteiger partial charge in [0.2, 0.25) is 5.91 Å². The lowest BCUT2D eigenvalue weighted by Gasteiger charge is -2.08. The van der Waals surface area contributed by atoms with Crippen LogP contribution in [-0.4, -0.2) is 36.9 Å². The van der Waals surface area contributed by atoms with Gasteiger partial charge in [-0.3, -0.25) is 9.59 Å². The van der Waals surface area contributed by atoms with Crippen molar-refractivity contribution in [3.05, 3.63) is 58.7 Å². The Balaban J connectivity index is 1.75. The number of rotatable bonds is 7. The fraction of sp³-hybridized carbons (Fsp3) is 0.235. The first kappa shape index (κ1) is 17.7. The summed E-state index contributed by atoms with van der Waals surface area (Å²) in [5.74, 6) is 0.164. The van der Waals surface area contributed by atoms with Crippen molar-refractivity contribution in [1.82, 2.24) is 15.6 Å². The van der Waals surface area contributed by atoms with E-state index < -0.39 is 0 Å². The third kappa shape index (κ3) is 5.55. The zero-order chi connectivity index (χ0) is 17.4. The highest BCUT2D eigenvalue weighted by molar-refractivity contribution is 6.29. The predicted molar refractivity (Wildman–Crippen MR) is 94.3 cm³/mol. The molecule has 126 valence electrons. The molecule has 7 heteroatoms. The molecule has 1 aromatic carbocycles. The van der Waals surface area contributed by atoms with Gasteiger partial charge in [-0.1, -0.05) is 41.9 Å². The smallest absolute Gasteiger partial charge is 0.251 e. The highest BCUT2D eigenvalue weighted by atomic mass is 35.5. The van der Waals surface area contributed by atoms with E-state index in [4.69, 9.17) is 11.6 Å². The third-order valence-electron chi connectivity index (χ3n) is 3.25. The zero-order valence-electron chi connectivity index (χ0n) is 13.3. The highest BCUT2D eigenvalue weighted by Crippen LogP contribution is 2.13. The van der Waals surface area contributed by atoms with Crippen LogP contribution in [0.25, 0.3) is 0 Å². The number of nitrogens with one attached hydrogen (secondary N) is 3. The maximum Gasteiger partial charge on any atom is 0.251 e. The number of hydrogen-bond acceptors (Lipinski definition) is 4. The molecule has 0 bridgehead atoms. The first-order valence-electron chi connectivity index (χ1n) is 7.52. The summed E-state index contributed by atoms with van der Waals surface area (Å²) in [6, 6.07) is 12.6. The van der Waals surface area contributed by atoms with E-state index in [0.717, 1.165) is 5.56 Å². The van der Waals surface area contributed by atoms with E-state index in [1.165, 1.54) is 6.07 Å². The lowest BCUT2D eigenvalue weighted by molar-refractivity contribution is -0.120. The minimum absolute atomic E-state index is 0.0835. The topological polar surface area (TPSA) is 83.1 Å². The quantitative estimate of drug-likeness (QED) is 0.528. The first-order chi connectivity index (χ1) is 11.6. The van der Waals surface area contributed by atoms with Gasteiger partial charge in [0, 0.05) is 25.7 Å². The zero-order valence-corrected chi connectivity index (χ0v) is 14.1. The standard InChI is InChI=1S/C17H19ClN4O2/c1-19-15-11-13(10-14(18)22-15)17(24)21-8-7-20-16(23)9-12-5-3-2-4-6-12/h2-6,10-11H,7-9H2,1H3,(H,19,22)(H,20,23)(H,21,24). The number of hydrogen-bond donors (Lipinski definition) is 3. The molecular formula is C17H19ClN4O2. The van der Waals surface area contributed by atoms with Crippen LogP contribution in [0.5, 0.6) is 0 Å². The Morgan fingerprint density at radius 2 is 1.79 bits per heavy atom. The molecule has 3 N–H and O–H groups in total. The van der Waals surface area contributed by atoms with Gasteiger partial charge in [-0.25, -0.2) is 4.98 Å². The molecule has 2 amide bonds. The Morgan fingerprint density at radius 3 is 2.50 bits per heavy atom. The van der Waals surface area contributed by atoms with Crippen LogP contribution in [0.2, 0.25) is 5.15 Å². The Kier molecular flexibility index (Phi) is 6.57. The van der Waals surface area contributed by atoms with Crippen molar-refractivity contribution in [2.45, 2.75) is 6.42 Å². The van der Waals surface area contributed by atoms with Crippen molar-refractivity contribution >= 4 is 29.2 Å². The number of nitrogens with zero attached hydrogens (tertiary/aromatic N) is 1. The summed E-state index contributed by atoms with van der Waals surface area (Å²) in [6.45, 7) is 0.684. The lowest BCUT2D eigenvalue weighted by atomic mass is 10.1. The first-order valence-corrected chi connectivity index (χ1v) is 7.90. The monoisotopic (exact) mass is 346 g/mol. The van der Waals surface area contributed by atoms with Crippen LogP contribution in [0, 0.1) is 0 Å². The number of pyridine rings is 1. The van der Waals surface area contributed by atoms with Gasteiger partial charge in [-0.2, -0.15) is 0 Å². The van der Waals surface area contributed by atoms with E-state index in [-0.39, 0.29) is 17.0 Å². The summed E-state index contributed by atoms with van der Waals surface area (Å²) in [4.78, 5) is 27.9. The van der Waals surface area contributed by atoms with E-state index in [2.05, 4.69) is 20.9 Å². The van der Waals surface area contributed by atoms with Crippen molar-refractivity contribution in [1.29, 1.82) is 0 Å². The van der Waals surface area contributed by atoms with E-state index in [0.29, 0.717) is 30.9 Å². The molecular weight excluding hydrogens is 328 g/mol. The molecule has 1 aromatic heterocycles. The van der Waals surface area contributed by atoms with Gasteiger partial charge in [0.05, 0.1) is 6.42 Å². The number of carbonyl (C=O) groups excluding carboxylic acids is 2. The molecule has 0 atom stereocenters. The van der Waals surface area contributed by atoms with E-state index in [1.54, 1.807) is 13.1 Å². The van der Waals surface area contributed by atoms with Crippen LogP contribution < -0.4 is 16.0 Å². The number of aromatic nitrogens is 1. The Labute approximate surface area is 145 Å². The maximum absolute atomic E-state index is 12.1. The number of amides is 2. The molecule has 24 heavy (non-hydrogen) atoms. The van der Waals surface area contributed by atoms with E-state index >= 15 is 0 Å². The Bertz CT molecular complexity index is 707. The SMILES string of the molecule is CNc1cc(C(=O)NCCNC(=O)Cc2ccccc2)cc(Cl)n1. The summed E-state index contributed by atoms with van der Waals surface area (Å²) in [5.41, 5.74) is 1.36. The summed E-state index contributed by atoms with van der Waals surface area (Å²) in [5, 5.41) is 8.57. The number of carbonyl (C=O) groups is 2.